The van der Waals surface area contributed by atoms with Crippen molar-refractivity contribution < 1.29 is 4.79 Å². The normalized spacial score (nSPS) is 12.1. The molecular weight excluding hydrogens is 234 g/mol. The van der Waals surface area contributed by atoms with Crippen molar-refractivity contribution in [2.24, 2.45) is 5.73 Å². The lowest BCUT2D eigenvalue weighted by Crippen LogP contribution is -2.32. The van der Waals surface area contributed by atoms with E-state index >= 15 is 0 Å². The number of hydrogen-bond donors (Lipinski definition) is 2. The second-order valence-electron chi connectivity index (χ2n) is 3.69. The van der Waals surface area contributed by atoms with Gasteiger partial charge in [0.15, 0.2) is 0 Å². The van der Waals surface area contributed by atoms with Gasteiger partial charge in [0.25, 0.3) is 0 Å². The van der Waals surface area contributed by atoms with Gasteiger partial charge in [0.2, 0.25) is 5.91 Å². The summed E-state index contributed by atoms with van der Waals surface area (Å²) in [6.45, 7) is 1.65. The molecule has 0 bridgehead atoms. The largest absolute Gasteiger partial charge is 0.325 e. The highest BCUT2D eigenvalue weighted by Gasteiger charge is 2.07. The minimum absolute atomic E-state index is 0.188. The van der Waals surface area contributed by atoms with Crippen LogP contribution in [-0.4, -0.2) is 16.9 Å². The SMILES string of the molecule is C[C@@H](N)C(=O)Nc1ccc(-c2nccs2)cc1. The van der Waals surface area contributed by atoms with Crippen LogP contribution >= 0.6 is 11.3 Å². The number of benzene rings is 1. The Kier molecular flexibility index (Phi) is 3.51. The molecule has 2 aromatic rings. The summed E-state index contributed by atoms with van der Waals surface area (Å²) in [5.41, 5.74) is 7.25. The van der Waals surface area contributed by atoms with Crippen molar-refractivity contribution in [2.45, 2.75) is 13.0 Å². The van der Waals surface area contributed by atoms with E-state index in [4.69, 9.17) is 5.73 Å². The fraction of sp³-hybridized carbons (Fsp3) is 0.167. The summed E-state index contributed by atoms with van der Waals surface area (Å²) >= 11 is 1.58. The Labute approximate surface area is 103 Å². The van der Waals surface area contributed by atoms with Gasteiger partial charge in [0.1, 0.15) is 5.01 Å². The van der Waals surface area contributed by atoms with Gasteiger partial charge in [-0.05, 0) is 31.2 Å². The quantitative estimate of drug-likeness (QED) is 0.872. The van der Waals surface area contributed by atoms with Gasteiger partial charge in [-0.1, -0.05) is 0 Å². The fourth-order valence-corrected chi connectivity index (χ4v) is 1.96. The van der Waals surface area contributed by atoms with Gasteiger partial charge in [-0.3, -0.25) is 4.79 Å². The first-order chi connectivity index (χ1) is 8.16. The zero-order valence-corrected chi connectivity index (χ0v) is 10.2. The molecule has 2 rings (SSSR count). The molecule has 0 saturated carbocycles. The topological polar surface area (TPSA) is 68.0 Å². The van der Waals surface area contributed by atoms with Crippen molar-refractivity contribution in [3.63, 3.8) is 0 Å². The summed E-state index contributed by atoms with van der Waals surface area (Å²) in [5.74, 6) is -0.188. The van der Waals surface area contributed by atoms with E-state index in [9.17, 15) is 4.79 Å². The van der Waals surface area contributed by atoms with Crippen LogP contribution in [0.15, 0.2) is 35.8 Å². The molecule has 0 spiro atoms. The van der Waals surface area contributed by atoms with E-state index in [0.717, 1.165) is 16.3 Å². The van der Waals surface area contributed by atoms with Crippen LogP contribution in [0.2, 0.25) is 0 Å². The van der Waals surface area contributed by atoms with Crippen LogP contribution in [0, 0.1) is 0 Å². The lowest BCUT2D eigenvalue weighted by molar-refractivity contribution is -0.117. The van der Waals surface area contributed by atoms with Crippen molar-refractivity contribution in [1.29, 1.82) is 0 Å². The fourth-order valence-electron chi connectivity index (χ4n) is 1.32. The Morgan fingerprint density at radius 1 is 1.41 bits per heavy atom. The third-order valence-electron chi connectivity index (χ3n) is 2.25. The van der Waals surface area contributed by atoms with Gasteiger partial charge in [0, 0.05) is 22.8 Å². The number of anilines is 1. The Balaban J connectivity index is 2.11. The molecule has 0 aliphatic rings. The van der Waals surface area contributed by atoms with E-state index in [0.29, 0.717) is 0 Å². The van der Waals surface area contributed by atoms with Crippen LogP contribution in [-0.2, 0) is 4.79 Å². The molecular formula is C12H13N3OS. The number of amides is 1. The molecule has 0 fully saturated rings. The maximum Gasteiger partial charge on any atom is 0.240 e. The number of nitrogens with zero attached hydrogens (tertiary/aromatic N) is 1. The first-order valence-corrected chi connectivity index (χ1v) is 6.11. The molecule has 0 saturated heterocycles. The highest BCUT2D eigenvalue weighted by atomic mass is 32.1. The Morgan fingerprint density at radius 3 is 2.65 bits per heavy atom. The van der Waals surface area contributed by atoms with Crippen LogP contribution in [0.25, 0.3) is 10.6 Å². The molecule has 0 aliphatic heterocycles. The molecule has 1 amide bonds. The summed E-state index contributed by atoms with van der Waals surface area (Å²) in [6, 6.07) is 7.04. The smallest absolute Gasteiger partial charge is 0.240 e. The zero-order valence-electron chi connectivity index (χ0n) is 9.38. The summed E-state index contributed by atoms with van der Waals surface area (Å²) in [5, 5.41) is 5.63. The highest BCUT2D eigenvalue weighted by molar-refractivity contribution is 7.13. The maximum absolute atomic E-state index is 11.4. The first kappa shape index (κ1) is 11.8. The summed E-state index contributed by atoms with van der Waals surface area (Å²) in [6.07, 6.45) is 1.77. The zero-order chi connectivity index (χ0) is 12.3. The molecule has 1 atom stereocenters. The Bertz CT molecular complexity index is 491. The molecule has 0 aliphatic carbocycles. The molecule has 1 heterocycles. The second-order valence-corrected chi connectivity index (χ2v) is 4.59. The number of nitrogens with two attached hydrogens (primary N) is 1. The van der Waals surface area contributed by atoms with E-state index in [-0.39, 0.29) is 5.91 Å². The van der Waals surface area contributed by atoms with Crippen LogP contribution < -0.4 is 11.1 Å². The molecule has 0 unspecified atom stereocenters. The minimum Gasteiger partial charge on any atom is -0.325 e. The molecule has 4 nitrogen and oxygen atoms in total. The molecule has 1 aromatic heterocycles. The van der Waals surface area contributed by atoms with Crippen LogP contribution in [0.4, 0.5) is 5.69 Å². The first-order valence-electron chi connectivity index (χ1n) is 5.23. The van der Waals surface area contributed by atoms with Gasteiger partial charge in [-0.25, -0.2) is 4.98 Å². The van der Waals surface area contributed by atoms with Crippen LogP contribution in [0.5, 0.6) is 0 Å². The number of nitrogens with one attached hydrogen (secondary N) is 1. The minimum atomic E-state index is -0.506. The Hall–Kier alpha value is -1.72. The molecule has 3 N–H and O–H groups in total. The van der Waals surface area contributed by atoms with Crippen LogP contribution in [0.3, 0.4) is 0 Å². The second kappa shape index (κ2) is 5.07. The van der Waals surface area contributed by atoms with Gasteiger partial charge >= 0.3 is 0 Å². The summed E-state index contributed by atoms with van der Waals surface area (Å²) in [4.78, 5) is 15.6. The molecule has 5 heteroatoms. The van der Waals surface area contributed by atoms with Gasteiger partial charge in [-0.15, -0.1) is 11.3 Å². The van der Waals surface area contributed by atoms with E-state index < -0.39 is 6.04 Å². The predicted molar refractivity (Wildman–Crippen MR) is 69.8 cm³/mol. The van der Waals surface area contributed by atoms with Crippen molar-refractivity contribution in [1.82, 2.24) is 4.98 Å². The summed E-state index contributed by atoms with van der Waals surface area (Å²) < 4.78 is 0. The van der Waals surface area contributed by atoms with Crippen molar-refractivity contribution >= 4 is 22.9 Å². The van der Waals surface area contributed by atoms with Crippen molar-refractivity contribution in [3.05, 3.63) is 35.8 Å². The number of rotatable bonds is 3. The number of carbonyl (C=O) groups is 1. The number of hydrogen-bond acceptors (Lipinski definition) is 4. The third kappa shape index (κ3) is 2.89. The summed E-state index contributed by atoms with van der Waals surface area (Å²) in [7, 11) is 0. The van der Waals surface area contributed by atoms with E-state index in [1.54, 1.807) is 24.5 Å². The monoisotopic (exact) mass is 247 g/mol. The van der Waals surface area contributed by atoms with Gasteiger partial charge in [0.05, 0.1) is 6.04 Å². The third-order valence-corrected chi connectivity index (χ3v) is 3.07. The maximum atomic E-state index is 11.4. The van der Waals surface area contributed by atoms with Gasteiger partial charge in [-0.2, -0.15) is 0 Å². The lowest BCUT2D eigenvalue weighted by Gasteiger charge is -2.07. The molecule has 17 heavy (non-hydrogen) atoms. The average Bonchev–Trinajstić information content (AvgIpc) is 2.83. The molecule has 1 aromatic carbocycles. The van der Waals surface area contributed by atoms with E-state index in [1.165, 1.54) is 0 Å². The Morgan fingerprint density at radius 2 is 2.12 bits per heavy atom. The average molecular weight is 247 g/mol. The molecule has 88 valence electrons. The van der Waals surface area contributed by atoms with E-state index in [2.05, 4.69) is 10.3 Å². The number of aromatic nitrogens is 1. The molecule has 0 radical (unpaired) electrons. The van der Waals surface area contributed by atoms with Crippen LogP contribution in [0.1, 0.15) is 6.92 Å². The van der Waals surface area contributed by atoms with Gasteiger partial charge < -0.3 is 11.1 Å². The standard InChI is InChI=1S/C12H13N3OS/c1-8(13)11(16)15-10-4-2-9(3-5-10)12-14-6-7-17-12/h2-8H,13H2,1H3,(H,15,16)/t8-/m1/s1. The van der Waals surface area contributed by atoms with E-state index in [1.807, 2.05) is 29.6 Å². The highest BCUT2D eigenvalue weighted by Crippen LogP contribution is 2.23. The lowest BCUT2D eigenvalue weighted by atomic mass is 10.2. The predicted octanol–water partition coefficient (Wildman–Crippen LogP) is 2.10. The van der Waals surface area contributed by atoms with Crippen molar-refractivity contribution in [3.8, 4) is 10.6 Å². The van der Waals surface area contributed by atoms with Crippen molar-refractivity contribution in [2.75, 3.05) is 5.32 Å². The number of thiazole rings is 1. The number of carbonyl (C=O) groups excluding carboxylic acids is 1.